The van der Waals surface area contributed by atoms with Gasteiger partial charge in [0.15, 0.2) is 11.5 Å². The van der Waals surface area contributed by atoms with Crippen molar-refractivity contribution in [1.82, 2.24) is 4.98 Å². The number of carbonyl (C=O) groups excluding carboxylic acids is 1. The first-order chi connectivity index (χ1) is 13.5. The Kier molecular flexibility index (Phi) is 6.49. The predicted molar refractivity (Wildman–Crippen MR) is 117 cm³/mol. The number of methoxy groups -OCH3 is 2. The lowest BCUT2D eigenvalue weighted by Crippen LogP contribution is -2.07. The number of hydrogen-bond acceptors (Lipinski definition) is 5. The second-order valence-electron chi connectivity index (χ2n) is 5.89. The maximum atomic E-state index is 12.2. The molecular weight excluding hydrogens is 440 g/mol. The number of thiazole rings is 1. The molecule has 0 aliphatic carbocycles. The van der Waals surface area contributed by atoms with E-state index >= 15 is 0 Å². The molecule has 1 N–H and O–H groups in total. The Morgan fingerprint density at radius 2 is 1.93 bits per heavy atom. The normalized spacial score (nSPS) is 10.9. The van der Waals surface area contributed by atoms with E-state index in [2.05, 4.69) is 26.2 Å². The SMILES string of the molecule is COc1cc(/C=C/C(=O)Nc2ccc(-c3csc(C)n3)cc2)cc(Br)c1OC. The van der Waals surface area contributed by atoms with Gasteiger partial charge in [0.05, 0.1) is 29.4 Å². The van der Waals surface area contributed by atoms with Crippen LogP contribution in [0.3, 0.4) is 0 Å². The van der Waals surface area contributed by atoms with Crippen LogP contribution in [-0.2, 0) is 4.79 Å². The van der Waals surface area contributed by atoms with Crippen molar-refractivity contribution in [3.05, 3.63) is 62.9 Å². The van der Waals surface area contributed by atoms with Gasteiger partial charge in [0.25, 0.3) is 0 Å². The zero-order chi connectivity index (χ0) is 20.1. The smallest absolute Gasteiger partial charge is 0.248 e. The van der Waals surface area contributed by atoms with Crippen molar-refractivity contribution >= 4 is 44.9 Å². The number of nitrogens with one attached hydrogen (secondary N) is 1. The van der Waals surface area contributed by atoms with E-state index in [-0.39, 0.29) is 5.91 Å². The number of ether oxygens (including phenoxy) is 2. The van der Waals surface area contributed by atoms with E-state index in [9.17, 15) is 4.79 Å². The molecule has 0 saturated carbocycles. The minimum absolute atomic E-state index is 0.219. The van der Waals surface area contributed by atoms with E-state index in [1.165, 1.54) is 6.08 Å². The van der Waals surface area contributed by atoms with E-state index in [1.54, 1.807) is 37.7 Å². The zero-order valence-electron chi connectivity index (χ0n) is 15.7. The molecule has 0 aliphatic rings. The molecule has 0 bridgehead atoms. The van der Waals surface area contributed by atoms with Crippen LogP contribution in [-0.4, -0.2) is 25.1 Å². The first-order valence-electron chi connectivity index (χ1n) is 8.43. The van der Waals surface area contributed by atoms with Gasteiger partial charge in [0, 0.05) is 22.7 Å². The Morgan fingerprint density at radius 1 is 1.18 bits per heavy atom. The predicted octanol–water partition coefficient (Wildman–Crippen LogP) is 5.55. The highest BCUT2D eigenvalue weighted by atomic mass is 79.9. The fourth-order valence-electron chi connectivity index (χ4n) is 2.61. The van der Waals surface area contributed by atoms with Crippen molar-refractivity contribution in [2.45, 2.75) is 6.92 Å². The second kappa shape index (κ2) is 9.03. The van der Waals surface area contributed by atoms with Gasteiger partial charge in [-0.3, -0.25) is 4.79 Å². The average molecular weight is 459 g/mol. The maximum Gasteiger partial charge on any atom is 0.248 e. The number of nitrogens with zero attached hydrogens (tertiary/aromatic N) is 1. The first kappa shape index (κ1) is 20.1. The number of amides is 1. The van der Waals surface area contributed by atoms with Gasteiger partial charge in [0.1, 0.15) is 0 Å². The van der Waals surface area contributed by atoms with Crippen molar-refractivity contribution in [2.24, 2.45) is 0 Å². The lowest BCUT2D eigenvalue weighted by atomic mass is 10.1. The van der Waals surface area contributed by atoms with Gasteiger partial charge in [-0.1, -0.05) is 12.1 Å². The fraction of sp³-hybridized carbons (Fsp3) is 0.143. The van der Waals surface area contributed by atoms with Crippen LogP contribution in [0.5, 0.6) is 11.5 Å². The molecule has 1 heterocycles. The van der Waals surface area contributed by atoms with Crippen LogP contribution in [0.4, 0.5) is 5.69 Å². The van der Waals surface area contributed by atoms with Crippen LogP contribution in [0.25, 0.3) is 17.3 Å². The molecule has 28 heavy (non-hydrogen) atoms. The fourth-order valence-corrected chi connectivity index (χ4v) is 3.85. The highest BCUT2D eigenvalue weighted by Crippen LogP contribution is 2.36. The van der Waals surface area contributed by atoms with Crippen molar-refractivity contribution in [3.8, 4) is 22.8 Å². The molecule has 0 atom stereocenters. The van der Waals surface area contributed by atoms with Crippen LogP contribution in [0, 0.1) is 6.92 Å². The molecule has 1 aromatic heterocycles. The Hall–Kier alpha value is -2.64. The molecule has 3 aromatic rings. The molecule has 7 heteroatoms. The number of carbonyl (C=O) groups is 1. The maximum absolute atomic E-state index is 12.2. The summed E-state index contributed by atoms with van der Waals surface area (Å²) in [7, 11) is 3.15. The van der Waals surface area contributed by atoms with Gasteiger partial charge in [-0.05, 0) is 58.8 Å². The van der Waals surface area contributed by atoms with Crippen molar-refractivity contribution in [2.75, 3.05) is 19.5 Å². The Labute approximate surface area is 176 Å². The first-order valence-corrected chi connectivity index (χ1v) is 10.1. The van der Waals surface area contributed by atoms with E-state index in [1.807, 2.05) is 42.6 Å². The van der Waals surface area contributed by atoms with Crippen LogP contribution >= 0.6 is 27.3 Å². The van der Waals surface area contributed by atoms with Crippen molar-refractivity contribution < 1.29 is 14.3 Å². The molecule has 5 nitrogen and oxygen atoms in total. The number of benzene rings is 2. The molecule has 0 aliphatic heterocycles. The molecular formula is C21H19BrN2O3S. The van der Waals surface area contributed by atoms with Crippen LogP contribution < -0.4 is 14.8 Å². The summed E-state index contributed by atoms with van der Waals surface area (Å²) in [6.07, 6.45) is 3.19. The van der Waals surface area contributed by atoms with E-state index in [4.69, 9.17) is 9.47 Å². The quantitative estimate of drug-likeness (QED) is 0.491. The number of aromatic nitrogens is 1. The molecule has 144 valence electrons. The van der Waals surface area contributed by atoms with E-state index in [0.29, 0.717) is 11.5 Å². The number of halogens is 1. The largest absolute Gasteiger partial charge is 0.493 e. The van der Waals surface area contributed by atoms with Gasteiger partial charge in [-0.25, -0.2) is 4.98 Å². The number of rotatable bonds is 6. The molecule has 1 amide bonds. The van der Waals surface area contributed by atoms with Crippen molar-refractivity contribution in [1.29, 1.82) is 0 Å². The third-order valence-electron chi connectivity index (χ3n) is 3.95. The van der Waals surface area contributed by atoms with Crippen LogP contribution in [0.1, 0.15) is 10.6 Å². The molecule has 0 fully saturated rings. The summed E-state index contributed by atoms with van der Waals surface area (Å²) in [5, 5.41) is 5.90. The van der Waals surface area contributed by atoms with Crippen molar-refractivity contribution in [3.63, 3.8) is 0 Å². The van der Waals surface area contributed by atoms with Gasteiger partial charge in [-0.2, -0.15) is 0 Å². The molecule has 0 spiro atoms. The third kappa shape index (κ3) is 4.79. The molecule has 0 radical (unpaired) electrons. The van der Waals surface area contributed by atoms with E-state index in [0.717, 1.165) is 32.0 Å². The summed E-state index contributed by atoms with van der Waals surface area (Å²) in [6, 6.07) is 11.3. The standard InChI is InChI=1S/C21H19BrN2O3S/c1-13-23-18(12-28-13)15-5-7-16(8-6-15)24-20(25)9-4-14-10-17(22)21(27-3)19(11-14)26-2/h4-12H,1-3H3,(H,24,25)/b9-4+. The average Bonchev–Trinajstić information content (AvgIpc) is 3.12. The number of hydrogen-bond donors (Lipinski definition) is 1. The van der Waals surface area contributed by atoms with Gasteiger partial charge < -0.3 is 14.8 Å². The topological polar surface area (TPSA) is 60.5 Å². The summed E-state index contributed by atoms with van der Waals surface area (Å²) in [5.41, 5.74) is 3.50. The summed E-state index contributed by atoms with van der Waals surface area (Å²) in [5.74, 6) is 0.979. The van der Waals surface area contributed by atoms with Gasteiger partial charge >= 0.3 is 0 Å². The van der Waals surface area contributed by atoms with Crippen LogP contribution in [0.15, 0.2) is 52.3 Å². The Bertz CT molecular complexity index is 1010. The molecule has 2 aromatic carbocycles. The highest BCUT2D eigenvalue weighted by molar-refractivity contribution is 9.10. The third-order valence-corrected chi connectivity index (χ3v) is 5.31. The Morgan fingerprint density at radius 3 is 2.54 bits per heavy atom. The minimum atomic E-state index is -0.219. The van der Waals surface area contributed by atoms with Gasteiger partial charge in [-0.15, -0.1) is 11.3 Å². The summed E-state index contributed by atoms with van der Waals surface area (Å²) in [4.78, 5) is 16.7. The second-order valence-corrected chi connectivity index (χ2v) is 7.81. The zero-order valence-corrected chi connectivity index (χ0v) is 18.1. The summed E-state index contributed by atoms with van der Waals surface area (Å²) >= 11 is 5.06. The van der Waals surface area contributed by atoms with Gasteiger partial charge in [0.2, 0.25) is 5.91 Å². The summed E-state index contributed by atoms with van der Waals surface area (Å²) < 4.78 is 11.4. The lowest BCUT2D eigenvalue weighted by molar-refractivity contribution is -0.111. The molecule has 0 saturated heterocycles. The lowest BCUT2D eigenvalue weighted by Gasteiger charge is -2.10. The van der Waals surface area contributed by atoms with E-state index < -0.39 is 0 Å². The molecule has 0 unspecified atom stereocenters. The van der Waals surface area contributed by atoms with Crippen LogP contribution in [0.2, 0.25) is 0 Å². The Balaban J connectivity index is 1.67. The number of aryl methyl sites for hydroxylation is 1. The minimum Gasteiger partial charge on any atom is -0.493 e. The highest BCUT2D eigenvalue weighted by Gasteiger charge is 2.09. The monoisotopic (exact) mass is 458 g/mol. The number of anilines is 1. The molecule has 3 rings (SSSR count). The summed E-state index contributed by atoms with van der Waals surface area (Å²) in [6.45, 7) is 1.98.